The summed E-state index contributed by atoms with van der Waals surface area (Å²) in [5, 5.41) is 0. The molecule has 0 amide bonds. The third kappa shape index (κ3) is 5.10. The van der Waals surface area contributed by atoms with E-state index in [2.05, 4.69) is 157 Å². The standard InChI is InChI=1S/C37H31N/c1-28-12-14-31(15-13-28)34-20-26-37(27-21-34)38(35-22-16-32(17-23-35)29-8-4-2-5-9-29)36-24-18-33(19-25-36)30-10-6-3-7-11-30/h2-18,20-24,26-27H,19,25H2,1H3. The van der Waals surface area contributed by atoms with Crippen molar-refractivity contribution in [1.29, 1.82) is 0 Å². The van der Waals surface area contributed by atoms with Crippen molar-refractivity contribution in [2.45, 2.75) is 19.8 Å². The van der Waals surface area contributed by atoms with Gasteiger partial charge in [-0.25, -0.2) is 0 Å². The second-order valence-electron chi connectivity index (χ2n) is 9.88. The molecule has 0 spiro atoms. The molecule has 0 fully saturated rings. The van der Waals surface area contributed by atoms with Gasteiger partial charge in [-0.2, -0.15) is 0 Å². The van der Waals surface area contributed by atoms with Gasteiger partial charge in [0.05, 0.1) is 0 Å². The molecule has 38 heavy (non-hydrogen) atoms. The van der Waals surface area contributed by atoms with E-state index in [9.17, 15) is 0 Å². The van der Waals surface area contributed by atoms with E-state index in [1.165, 1.54) is 56.0 Å². The highest BCUT2D eigenvalue weighted by Crippen LogP contribution is 2.37. The molecule has 184 valence electrons. The zero-order valence-corrected chi connectivity index (χ0v) is 21.7. The molecule has 0 aliphatic heterocycles. The van der Waals surface area contributed by atoms with Crippen LogP contribution >= 0.6 is 0 Å². The second kappa shape index (κ2) is 10.8. The fourth-order valence-corrected chi connectivity index (χ4v) is 5.17. The number of hydrogen-bond donors (Lipinski definition) is 0. The van der Waals surface area contributed by atoms with E-state index in [1.54, 1.807) is 0 Å². The second-order valence-corrected chi connectivity index (χ2v) is 9.88. The van der Waals surface area contributed by atoms with Gasteiger partial charge in [-0.15, -0.1) is 0 Å². The molecule has 6 rings (SSSR count). The van der Waals surface area contributed by atoms with Crippen molar-refractivity contribution < 1.29 is 0 Å². The van der Waals surface area contributed by atoms with Gasteiger partial charge < -0.3 is 4.90 Å². The third-order valence-corrected chi connectivity index (χ3v) is 7.30. The highest BCUT2D eigenvalue weighted by molar-refractivity contribution is 5.77. The minimum Gasteiger partial charge on any atom is -0.314 e. The van der Waals surface area contributed by atoms with E-state index in [0.717, 1.165) is 12.8 Å². The quantitative estimate of drug-likeness (QED) is 0.229. The van der Waals surface area contributed by atoms with Crippen LogP contribution in [0, 0.1) is 6.92 Å². The molecule has 1 aliphatic carbocycles. The first kappa shape index (κ1) is 23.8. The smallest absolute Gasteiger partial charge is 0.0458 e. The minimum atomic E-state index is 0.987. The van der Waals surface area contributed by atoms with E-state index in [-0.39, 0.29) is 0 Å². The predicted molar refractivity (Wildman–Crippen MR) is 162 cm³/mol. The Labute approximate surface area is 226 Å². The number of nitrogens with zero attached hydrogens (tertiary/aromatic N) is 1. The van der Waals surface area contributed by atoms with Gasteiger partial charge >= 0.3 is 0 Å². The Hall–Kier alpha value is -4.62. The molecule has 0 atom stereocenters. The summed E-state index contributed by atoms with van der Waals surface area (Å²) in [6.45, 7) is 2.13. The maximum absolute atomic E-state index is 2.41. The van der Waals surface area contributed by atoms with Crippen LogP contribution in [-0.2, 0) is 0 Å². The van der Waals surface area contributed by atoms with Crippen LogP contribution in [-0.4, -0.2) is 0 Å². The lowest BCUT2D eigenvalue weighted by atomic mass is 9.94. The number of allylic oxidation sites excluding steroid dienone is 4. The number of benzene rings is 5. The van der Waals surface area contributed by atoms with E-state index in [4.69, 9.17) is 0 Å². The van der Waals surface area contributed by atoms with Crippen LogP contribution in [0.25, 0.3) is 27.8 Å². The Bertz CT molecular complexity index is 1560. The topological polar surface area (TPSA) is 3.24 Å². The highest BCUT2D eigenvalue weighted by Gasteiger charge is 2.18. The van der Waals surface area contributed by atoms with Gasteiger partial charge in [0.1, 0.15) is 0 Å². The summed E-state index contributed by atoms with van der Waals surface area (Å²) in [6, 6.07) is 47.9. The maximum Gasteiger partial charge on any atom is 0.0458 e. The molecular weight excluding hydrogens is 458 g/mol. The van der Waals surface area contributed by atoms with Crippen LogP contribution in [0.5, 0.6) is 0 Å². The molecular formula is C37H31N. The molecule has 0 bridgehead atoms. The summed E-state index contributed by atoms with van der Waals surface area (Å²) in [5.74, 6) is 0. The Morgan fingerprint density at radius 3 is 1.34 bits per heavy atom. The van der Waals surface area contributed by atoms with Crippen molar-refractivity contribution in [1.82, 2.24) is 0 Å². The summed E-state index contributed by atoms with van der Waals surface area (Å²) >= 11 is 0. The van der Waals surface area contributed by atoms with E-state index < -0.39 is 0 Å². The van der Waals surface area contributed by atoms with Crippen molar-refractivity contribution in [2.24, 2.45) is 0 Å². The Morgan fingerprint density at radius 2 is 0.868 bits per heavy atom. The average Bonchev–Trinajstić information content (AvgIpc) is 3.00. The summed E-state index contributed by atoms with van der Waals surface area (Å²) in [6.07, 6.45) is 6.60. The first-order chi connectivity index (χ1) is 18.7. The Kier molecular flexibility index (Phi) is 6.74. The first-order valence-electron chi connectivity index (χ1n) is 13.3. The van der Waals surface area contributed by atoms with Gasteiger partial charge in [-0.3, -0.25) is 0 Å². The van der Waals surface area contributed by atoms with Crippen molar-refractivity contribution in [2.75, 3.05) is 4.90 Å². The minimum absolute atomic E-state index is 0.987. The van der Waals surface area contributed by atoms with Gasteiger partial charge in [0, 0.05) is 17.1 Å². The Morgan fingerprint density at radius 1 is 0.421 bits per heavy atom. The van der Waals surface area contributed by atoms with Crippen molar-refractivity contribution in [3.8, 4) is 22.3 Å². The van der Waals surface area contributed by atoms with E-state index in [1.807, 2.05) is 0 Å². The van der Waals surface area contributed by atoms with Crippen LogP contribution in [0.15, 0.2) is 151 Å². The van der Waals surface area contributed by atoms with Gasteiger partial charge in [0.2, 0.25) is 0 Å². The highest BCUT2D eigenvalue weighted by atomic mass is 15.1. The molecule has 5 aromatic rings. The SMILES string of the molecule is Cc1ccc(-c2ccc(N(C3=CC=C(c4ccccc4)CC3)c3ccc(-c4ccccc4)cc3)cc2)cc1. The van der Waals surface area contributed by atoms with E-state index in [0.29, 0.717) is 0 Å². The zero-order chi connectivity index (χ0) is 25.7. The summed E-state index contributed by atoms with van der Waals surface area (Å²) in [5.41, 5.74) is 12.6. The first-order valence-corrected chi connectivity index (χ1v) is 13.3. The summed E-state index contributed by atoms with van der Waals surface area (Å²) in [7, 11) is 0. The zero-order valence-electron chi connectivity index (χ0n) is 21.7. The number of hydrogen-bond acceptors (Lipinski definition) is 1. The van der Waals surface area contributed by atoms with Crippen molar-refractivity contribution in [3.05, 3.63) is 162 Å². The fraction of sp³-hybridized carbons (Fsp3) is 0.0811. The normalized spacial score (nSPS) is 13.0. The molecule has 0 radical (unpaired) electrons. The van der Waals surface area contributed by atoms with Gasteiger partial charge in [-0.05, 0) is 83.5 Å². The number of rotatable bonds is 6. The number of aryl methyl sites for hydroxylation is 1. The molecule has 1 nitrogen and oxygen atoms in total. The lowest BCUT2D eigenvalue weighted by Gasteiger charge is -2.30. The lowest BCUT2D eigenvalue weighted by Crippen LogP contribution is -2.17. The fourth-order valence-electron chi connectivity index (χ4n) is 5.17. The monoisotopic (exact) mass is 489 g/mol. The van der Waals surface area contributed by atoms with Crippen LogP contribution < -0.4 is 4.90 Å². The van der Waals surface area contributed by atoms with E-state index >= 15 is 0 Å². The summed E-state index contributed by atoms with van der Waals surface area (Å²) < 4.78 is 0. The molecule has 1 aliphatic rings. The van der Waals surface area contributed by atoms with Gasteiger partial charge in [-0.1, -0.05) is 121 Å². The van der Waals surface area contributed by atoms with Crippen LogP contribution in [0.4, 0.5) is 11.4 Å². The average molecular weight is 490 g/mol. The third-order valence-electron chi connectivity index (χ3n) is 7.30. The molecule has 0 N–H and O–H groups in total. The maximum atomic E-state index is 2.41. The van der Waals surface area contributed by atoms with Crippen molar-refractivity contribution >= 4 is 16.9 Å². The van der Waals surface area contributed by atoms with Crippen LogP contribution in [0.1, 0.15) is 24.0 Å². The summed E-state index contributed by atoms with van der Waals surface area (Å²) in [4.78, 5) is 2.41. The number of anilines is 2. The van der Waals surface area contributed by atoms with Gasteiger partial charge in [0.15, 0.2) is 0 Å². The van der Waals surface area contributed by atoms with Gasteiger partial charge in [0.25, 0.3) is 0 Å². The molecule has 5 aromatic carbocycles. The molecule has 0 saturated carbocycles. The molecule has 0 saturated heterocycles. The van der Waals surface area contributed by atoms with Crippen molar-refractivity contribution in [3.63, 3.8) is 0 Å². The molecule has 1 heteroatoms. The molecule has 0 aromatic heterocycles. The predicted octanol–water partition coefficient (Wildman–Crippen LogP) is 10.2. The van der Waals surface area contributed by atoms with Crippen LogP contribution in [0.2, 0.25) is 0 Å². The lowest BCUT2D eigenvalue weighted by molar-refractivity contribution is 0.930. The Balaban J connectivity index is 1.36. The largest absolute Gasteiger partial charge is 0.314 e. The molecule has 0 heterocycles. The molecule has 0 unspecified atom stereocenters. The van der Waals surface area contributed by atoms with Crippen LogP contribution in [0.3, 0.4) is 0 Å².